The number of benzene rings is 3. The van der Waals surface area contributed by atoms with Crippen LogP contribution in [0.15, 0.2) is 72.9 Å². The van der Waals surface area contributed by atoms with E-state index in [2.05, 4.69) is 10.3 Å². The second-order valence-corrected chi connectivity index (χ2v) is 13.2. The number of ether oxygens (including phenoxy) is 2. The SMILES string of the molecule is C[C@@H](NC(=O)CN1Cc2ccc(-c3nc(CC4CCOCC4)ncc3Cl)cc2C1=O)c1cccc(OCCN2C(=O)c3ccccc3C2=O)c1. The van der Waals surface area contributed by atoms with Crippen LogP contribution in [-0.4, -0.2) is 76.3 Å². The Labute approximate surface area is 294 Å². The predicted molar refractivity (Wildman–Crippen MR) is 185 cm³/mol. The van der Waals surface area contributed by atoms with Gasteiger partial charge in [-0.05, 0) is 67.1 Å². The number of fused-ring (bicyclic) bond motifs is 2. The van der Waals surface area contributed by atoms with Gasteiger partial charge in [0.1, 0.15) is 24.7 Å². The lowest BCUT2D eigenvalue weighted by atomic mass is 9.96. The largest absolute Gasteiger partial charge is 0.492 e. The predicted octanol–water partition coefficient (Wildman–Crippen LogP) is 5.27. The molecule has 3 aromatic carbocycles. The summed E-state index contributed by atoms with van der Waals surface area (Å²) in [6.45, 7) is 3.80. The van der Waals surface area contributed by atoms with Gasteiger partial charge in [0, 0.05) is 43.5 Å². The third kappa shape index (κ3) is 6.97. The van der Waals surface area contributed by atoms with Crippen molar-refractivity contribution >= 4 is 35.2 Å². The smallest absolute Gasteiger partial charge is 0.261 e. The van der Waals surface area contributed by atoms with Gasteiger partial charge in [0.15, 0.2) is 0 Å². The van der Waals surface area contributed by atoms with Crippen molar-refractivity contribution in [1.82, 2.24) is 25.1 Å². The number of nitrogens with zero attached hydrogens (tertiary/aromatic N) is 4. The zero-order valence-electron chi connectivity index (χ0n) is 27.6. The molecule has 7 rings (SSSR count). The van der Waals surface area contributed by atoms with E-state index < -0.39 is 0 Å². The number of amides is 4. The fourth-order valence-corrected chi connectivity index (χ4v) is 6.86. The highest BCUT2D eigenvalue weighted by Crippen LogP contribution is 2.32. The van der Waals surface area contributed by atoms with Gasteiger partial charge in [-0.2, -0.15) is 0 Å². The molecular formula is C38H36ClN5O6. The second-order valence-electron chi connectivity index (χ2n) is 12.8. The maximum absolute atomic E-state index is 13.4. The zero-order valence-corrected chi connectivity index (χ0v) is 28.3. The highest BCUT2D eigenvalue weighted by atomic mass is 35.5. The van der Waals surface area contributed by atoms with Crippen molar-refractivity contribution in [3.63, 3.8) is 0 Å². The van der Waals surface area contributed by atoms with Gasteiger partial charge >= 0.3 is 0 Å². The van der Waals surface area contributed by atoms with E-state index in [0.717, 1.165) is 49.2 Å². The Bertz CT molecular complexity index is 1940. The zero-order chi connectivity index (χ0) is 34.8. The van der Waals surface area contributed by atoms with Crippen LogP contribution in [0.2, 0.25) is 5.02 Å². The maximum Gasteiger partial charge on any atom is 0.261 e. The molecule has 0 aliphatic carbocycles. The summed E-state index contributed by atoms with van der Waals surface area (Å²) in [6.07, 6.45) is 4.31. The van der Waals surface area contributed by atoms with E-state index >= 15 is 0 Å². The number of rotatable bonds is 11. The molecule has 1 atom stereocenters. The third-order valence-corrected chi connectivity index (χ3v) is 9.68. The maximum atomic E-state index is 13.4. The Kier molecular flexibility index (Phi) is 9.60. The summed E-state index contributed by atoms with van der Waals surface area (Å²) in [7, 11) is 0. The number of nitrogens with one attached hydrogen (secondary N) is 1. The molecule has 1 fully saturated rings. The highest BCUT2D eigenvalue weighted by Gasteiger charge is 2.35. The number of carbonyl (C=O) groups is 4. The molecule has 0 saturated carbocycles. The fourth-order valence-electron chi connectivity index (χ4n) is 6.66. The Morgan fingerprint density at radius 1 is 0.980 bits per heavy atom. The van der Waals surface area contributed by atoms with Crippen molar-refractivity contribution in [3.05, 3.63) is 112 Å². The van der Waals surface area contributed by atoms with Crippen molar-refractivity contribution in [2.24, 2.45) is 5.92 Å². The highest BCUT2D eigenvalue weighted by molar-refractivity contribution is 6.32. The van der Waals surface area contributed by atoms with Gasteiger partial charge in [-0.3, -0.25) is 24.1 Å². The van der Waals surface area contributed by atoms with Crippen molar-refractivity contribution in [2.75, 3.05) is 32.9 Å². The van der Waals surface area contributed by atoms with Crippen LogP contribution in [0.1, 0.15) is 73.8 Å². The van der Waals surface area contributed by atoms with Gasteiger partial charge in [0.05, 0.1) is 34.4 Å². The molecule has 11 nitrogen and oxygen atoms in total. The van der Waals surface area contributed by atoms with Crippen molar-refractivity contribution in [2.45, 2.75) is 38.8 Å². The minimum atomic E-state index is -0.371. The van der Waals surface area contributed by atoms with Gasteiger partial charge in [0.2, 0.25) is 5.91 Å². The van der Waals surface area contributed by atoms with Crippen LogP contribution in [0.4, 0.5) is 0 Å². The number of hydrogen-bond donors (Lipinski definition) is 1. The third-order valence-electron chi connectivity index (χ3n) is 9.40. The van der Waals surface area contributed by atoms with Crippen molar-refractivity contribution < 1.29 is 28.7 Å². The summed E-state index contributed by atoms with van der Waals surface area (Å²) in [5, 5.41) is 3.39. The number of carbonyl (C=O) groups excluding carboxylic acids is 4. The molecule has 50 heavy (non-hydrogen) atoms. The van der Waals surface area contributed by atoms with E-state index in [4.69, 9.17) is 26.1 Å². The summed E-state index contributed by atoms with van der Waals surface area (Å²) in [6, 6.07) is 19.2. The molecular weight excluding hydrogens is 658 g/mol. The molecule has 3 aliphatic heterocycles. The molecule has 1 N–H and O–H groups in total. The van der Waals surface area contributed by atoms with Gasteiger partial charge < -0.3 is 19.7 Å². The molecule has 0 bridgehead atoms. The van der Waals surface area contributed by atoms with Crippen molar-refractivity contribution in [1.29, 1.82) is 0 Å². The molecule has 4 heterocycles. The topological polar surface area (TPSA) is 131 Å². The average molecular weight is 694 g/mol. The van der Waals surface area contributed by atoms with Crippen LogP contribution >= 0.6 is 11.6 Å². The van der Waals surface area contributed by atoms with Crippen LogP contribution in [0, 0.1) is 5.92 Å². The normalized spacial score (nSPS) is 16.4. The quantitative estimate of drug-likeness (QED) is 0.210. The molecule has 12 heteroatoms. The molecule has 4 amide bonds. The standard InChI is InChI=1S/C38H36ClN5O6/c1-23(25-5-4-6-28(18-25)50-16-13-44-37(47)29-7-2-3-8-30(29)38(44)48)41-34(45)22-43-21-27-10-9-26(19-31(27)36(43)46)35-32(39)20-40-33(42-35)17-24-11-14-49-15-12-24/h2-10,18-20,23-24H,11-17,21-22H2,1H3,(H,41,45)/t23-/m1/s1. The minimum absolute atomic E-state index is 0.104. The molecule has 3 aliphatic rings. The van der Waals surface area contributed by atoms with Gasteiger partial charge in [-0.1, -0.05) is 48.0 Å². The van der Waals surface area contributed by atoms with Gasteiger partial charge in [-0.15, -0.1) is 0 Å². The lowest BCUT2D eigenvalue weighted by molar-refractivity contribution is -0.122. The summed E-state index contributed by atoms with van der Waals surface area (Å²) < 4.78 is 11.3. The first-order valence-electron chi connectivity index (χ1n) is 16.7. The lowest BCUT2D eigenvalue weighted by Gasteiger charge is -2.21. The Morgan fingerprint density at radius 2 is 1.74 bits per heavy atom. The number of halogens is 1. The summed E-state index contributed by atoms with van der Waals surface area (Å²) in [5.41, 5.74) is 4.26. The first kappa shape index (κ1) is 33.4. The first-order valence-corrected chi connectivity index (χ1v) is 17.1. The van der Waals surface area contributed by atoms with E-state index in [1.807, 2.05) is 31.2 Å². The number of imide groups is 1. The van der Waals surface area contributed by atoms with Gasteiger partial charge in [0.25, 0.3) is 17.7 Å². The number of hydrogen-bond acceptors (Lipinski definition) is 8. The molecule has 0 unspecified atom stereocenters. The first-order chi connectivity index (χ1) is 24.2. The minimum Gasteiger partial charge on any atom is -0.492 e. The van der Waals surface area contributed by atoms with E-state index in [-0.39, 0.29) is 49.4 Å². The molecule has 256 valence electrons. The van der Waals surface area contributed by atoms with E-state index in [9.17, 15) is 19.2 Å². The summed E-state index contributed by atoms with van der Waals surface area (Å²) in [5.74, 6) is 0.534. The second kappa shape index (κ2) is 14.4. The van der Waals surface area contributed by atoms with E-state index in [1.54, 1.807) is 48.7 Å². The average Bonchev–Trinajstić information content (AvgIpc) is 3.56. The molecule has 1 saturated heterocycles. The Hall–Kier alpha value is -5.13. The lowest BCUT2D eigenvalue weighted by Crippen LogP contribution is -2.38. The van der Waals surface area contributed by atoms with E-state index in [1.165, 1.54) is 9.80 Å². The molecule has 0 radical (unpaired) electrons. The number of aromatic nitrogens is 2. The van der Waals surface area contributed by atoms with Crippen LogP contribution in [0.25, 0.3) is 11.3 Å². The van der Waals surface area contributed by atoms with Crippen LogP contribution in [-0.2, 0) is 22.5 Å². The Balaban J connectivity index is 0.932. The summed E-state index contributed by atoms with van der Waals surface area (Å²) >= 11 is 6.52. The molecule has 0 spiro atoms. The van der Waals surface area contributed by atoms with E-state index in [0.29, 0.717) is 51.4 Å². The molecule has 1 aromatic heterocycles. The van der Waals surface area contributed by atoms with Crippen molar-refractivity contribution in [3.8, 4) is 17.0 Å². The van der Waals surface area contributed by atoms with Crippen LogP contribution in [0.3, 0.4) is 0 Å². The monoisotopic (exact) mass is 693 g/mol. The fraction of sp³-hybridized carbons (Fsp3) is 0.316. The summed E-state index contributed by atoms with van der Waals surface area (Å²) in [4.78, 5) is 63.7. The Morgan fingerprint density at radius 3 is 2.50 bits per heavy atom. The van der Waals surface area contributed by atoms with Crippen LogP contribution in [0.5, 0.6) is 5.75 Å². The van der Waals surface area contributed by atoms with Crippen LogP contribution < -0.4 is 10.1 Å². The molecule has 4 aromatic rings. The van der Waals surface area contributed by atoms with Gasteiger partial charge in [-0.25, -0.2) is 9.97 Å².